The van der Waals surface area contributed by atoms with E-state index in [1.807, 2.05) is 6.07 Å². The van der Waals surface area contributed by atoms with Gasteiger partial charge in [-0.1, -0.05) is 69.0 Å². The lowest BCUT2D eigenvalue weighted by Crippen LogP contribution is -2.08. The van der Waals surface area contributed by atoms with Gasteiger partial charge in [0, 0.05) is 5.56 Å². The highest BCUT2D eigenvalue weighted by Crippen LogP contribution is 2.27. The Morgan fingerprint density at radius 3 is 2.57 bits per heavy atom. The van der Waals surface area contributed by atoms with E-state index in [0.29, 0.717) is 17.6 Å². The molecule has 0 aliphatic rings. The Morgan fingerprint density at radius 2 is 2.00 bits per heavy atom. The highest BCUT2D eigenvalue weighted by Gasteiger charge is 2.16. The van der Waals surface area contributed by atoms with Crippen LogP contribution in [0.5, 0.6) is 0 Å². The summed E-state index contributed by atoms with van der Waals surface area (Å²) in [6.45, 7) is 8.61. The summed E-state index contributed by atoms with van der Waals surface area (Å²) in [7, 11) is 0. The van der Waals surface area contributed by atoms with Crippen LogP contribution in [0.3, 0.4) is 0 Å². The molecule has 2 rings (SSSR count). The number of Topliss-reactive ketones (excluding diaryl/α,β-unsaturated/α-hetero) is 1. The summed E-state index contributed by atoms with van der Waals surface area (Å²) in [4.78, 5) is 12.5. The minimum Gasteiger partial charge on any atom is -0.293 e. The zero-order chi connectivity index (χ0) is 15.4. The zero-order valence-corrected chi connectivity index (χ0v) is 14.4. The molecule has 1 aromatic carbocycles. The van der Waals surface area contributed by atoms with Crippen LogP contribution in [0.25, 0.3) is 0 Å². The molecule has 0 atom stereocenters. The van der Waals surface area contributed by atoms with Crippen molar-refractivity contribution in [1.29, 1.82) is 0 Å². The maximum atomic E-state index is 12.5. The standard InChI is InChI=1S/C16H20N2OS2/c1-10(2)12-5-6-13(14(7-12)11(3)4)15(19)8-20-16-18-17-9-21-16/h5-7,9-11H,8H2,1-4H3. The van der Waals surface area contributed by atoms with Crippen LogP contribution in [0.1, 0.15) is 61.0 Å². The van der Waals surface area contributed by atoms with Gasteiger partial charge in [-0.3, -0.25) is 4.79 Å². The third-order valence-corrected chi connectivity index (χ3v) is 5.19. The Hall–Kier alpha value is -1.20. The first-order chi connectivity index (χ1) is 9.99. The van der Waals surface area contributed by atoms with Gasteiger partial charge in [-0.2, -0.15) is 0 Å². The number of carbonyl (C=O) groups excluding carboxylic acids is 1. The summed E-state index contributed by atoms with van der Waals surface area (Å²) >= 11 is 2.92. The predicted octanol–water partition coefficient (Wildman–Crippen LogP) is 4.76. The minimum atomic E-state index is 0.161. The van der Waals surface area contributed by atoms with E-state index in [-0.39, 0.29) is 5.78 Å². The maximum Gasteiger partial charge on any atom is 0.174 e. The Labute approximate surface area is 134 Å². The molecule has 5 heteroatoms. The number of benzene rings is 1. The van der Waals surface area contributed by atoms with Gasteiger partial charge in [-0.15, -0.1) is 10.2 Å². The van der Waals surface area contributed by atoms with Crippen LogP contribution in [0.4, 0.5) is 0 Å². The van der Waals surface area contributed by atoms with Gasteiger partial charge in [0.15, 0.2) is 10.1 Å². The number of rotatable bonds is 6. The second-order valence-corrected chi connectivity index (χ2v) is 7.63. The van der Waals surface area contributed by atoms with E-state index in [9.17, 15) is 4.79 Å². The molecule has 112 valence electrons. The van der Waals surface area contributed by atoms with Crippen LogP contribution in [0.15, 0.2) is 28.0 Å². The number of carbonyl (C=O) groups is 1. The fourth-order valence-electron chi connectivity index (χ4n) is 2.10. The number of hydrogen-bond donors (Lipinski definition) is 0. The highest BCUT2D eigenvalue weighted by atomic mass is 32.2. The Morgan fingerprint density at radius 1 is 1.24 bits per heavy atom. The molecule has 0 amide bonds. The maximum absolute atomic E-state index is 12.5. The third kappa shape index (κ3) is 4.14. The molecule has 0 fully saturated rings. The average molecular weight is 320 g/mol. The molecule has 0 unspecified atom stereocenters. The normalized spacial score (nSPS) is 11.3. The molecule has 0 saturated heterocycles. The first-order valence-corrected chi connectivity index (χ1v) is 8.91. The van der Waals surface area contributed by atoms with Crippen molar-refractivity contribution >= 4 is 28.9 Å². The molecular formula is C16H20N2OS2. The fourth-order valence-corrected chi connectivity index (χ4v) is 3.47. The van der Waals surface area contributed by atoms with Crippen molar-refractivity contribution in [2.45, 2.75) is 43.9 Å². The molecule has 0 aliphatic carbocycles. The van der Waals surface area contributed by atoms with Gasteiger partial charge in [0.25, 0.3) is 0 Å². The van der Waals surface area contributed by atoms with E-state index in [1.54, 1.807) is 5.51 Å². The van der Waals surface area contributed by atoms with Crippen LogP contribution in [-0.2, 0) is 0 Å². The van der Waals surface area contributed by atoms with E-state index < -0.39 is 0 Å². The van der Waals surface area contributed by atoms with Crippen molar-refractivity contribution in [3.63, 3.8) is 0 Å². The average Bonchev–Trinajstić information content (AvgIpc) is 2.97. The summed E-state index contributed by atoms with van der Waals surface area (Å²) in [5.74, 6) is 1.39. The molecule has 0 spiro atoms. The van der Waals surface area contributed by atoms with Crippen LogP contribution in [0.2, 0.25) is 0 Å². The Bertz CT molecular complexity index is 607. The van der Waals surface area contributed by atoms with Crippen molar-refractivity contribution in [1.82, 2.24) is 10.2 Å². The predicted molar refractivity (Wildman–Crippen MR) is 89.6 cm³/mol. The van der Waals surface area contributed by atoms with Crippen molar-refractivity contribution in [3.05, 3.63) is 40.4 Å². The number of hydrogen-bond acceptors (Lipinski definition) is 5. The van der Waals surface area contributed by atoms with E-state index in [4.69, 9.17) is 0 Å². The molecule has 0 aliphatic heterocycles. The van der Waals surface area contributed by atoms with Gasteiger partial charge in [0.05, 0.1) is 5.75 Å². The van der Waals surface area contributed by atoms with E-state index in [1.165, 1.54) is 28.7 Å². The number of ketones is 1. The summed E-state index contributed by atoms with van der Waals surface area (Å²) < 4.78 is 0.841. The van der Waals surface area contributed by atoms with E-state index >= 15 is 0 Å². The molecule has 1 heterocycles. The molecule has 2 aromatic rings. The summed E-state index contributed by atoms with van der Waals surface area (Å²) in [6, 6.07) is 6.23. The summed E-state index contributed by atoms with van der Waals surface area (Å²) in [6.07, 6.45) is 0. The van der Waals surface area contributed by atoms with E-state index in [0.717, 1.165) is 15.5 Å². The molecule has 1 aromatic heterocycles. The Kier molecular flexibility index (Phi) is 5.53. The molecular weight excluding hydrogens is 300 g/mol. The van der Waals surface area contributed by atoms with Gasteiger partial charge in [0.1, 0.15) is 5.51 Å². The first kappa shape index (κ1) is 16.2. The third-order valence-electron chi connectivity index (χ3n) is 3.33. The first-order valence-electron chi connectivity index (χ1n) is 7.05. The highest BCUT2D eigenvalue weighted by molar-refractivity contribution is 8.01. The molecule has 21 heavy (non-hydrogen) atoms. The monoisotopic (exact) mass is 320 g/mol. The van der Waals surface area contributed by atoms with Gasteiger partial charge < -0.3 is 0 Å². The molecule has 0 radical (unpaired) electrons. The largest absolute Gasteiger partial charge is 0.293 e. The zero-order valence-electron chi connectivity index (χ0n) is 12.8. The van der Waals surface area contributed by atoms with Gasteiger partial charge in [0.2, 0.25) is 0 Å². The number of aromatic nitrogens is 2. The summed E-state index contributed by atoms with van der Waals surface area (Å²) in [5, 5.41) is 7.74. The van der Waals surface area contributed by atoms with Crippen molar-refractivity contribution in [2.24, 2.45) is 0 Å². The smallest absolute Gasteiger partial charge is 0.174 e. The lowest BCUT2D eigenvalue weighted by molar-refractivity contribution is 0.102. The van der Waals surface area contributed by atoms with Crippen LogP contribution in [0, 0.1) is 0 Å². The van der Waals surface area contributed by atoms with E-state index in [2.05, 4.69) is 50.0 Å². The lowest BCUT2D eigenvalue weighted by atomic mass is 9.90. The topological polar surface area (TPSA) is 42.9 Å². The SMILES string of the molecule is CC(C)c1ccc(C(=O)CSc2nncs2)c(C(C)C)c1. The Balaban J connectivity index is 2.19. The number of thioether (sulfide) groups is 1. The molecule has 0 bridgehead atoms. The number of nitrogens with zero attached hydrogens (tertiary/aromatic N) is 2. The van der Waals surface area contributed by atoms with Crippen molar-refractivity contribution < 1.29 is 4.79 Å². The molecule has 0 N–H and O–H groups in total. The lowest BCUT2D eigenvalue weighted by Gasteiger charge is -2.15. The van der Waals surface area contributed by atoms with Crippen molar-refractivity contribution in [3.8, 4) is 0 Å². The van der Waals surface area contributed by atoms with Gasteiger partial charge in [-0.05, 0) is 23.0 Å². The van der Waals surface area contributed by atoms with Crippen LogP contribution >= 0.6 is 23.1 Å². The van der Waals surface area contributed by atoms with Crippen molar-refractivity contribution in [2.75, 3.05) is 5.75 Å². The quantitative estimate of drug-likeness (QED) is 0.568. The molecule has 0 saturated carbocycles. The van der Waals surface area contributed by atoms with Crippen LogP contribution in [-0.4, -0.2) is 21.7 Å². The van der Waals surface area contributed by atoms with Crippen LogP contribution < -0.4 is 0 Å². The fraction of sp³-hybridized carbons (Fsp3) is 0.438. The van der Waals surface area contributed by atoms with Gasteiger partial charge >= 0.3 is 0 Å². The second-order valence-electron chi connectivity index (χ2n) is 5.57. The second kappa shape index (κ2) is 7.18. The minimum absolute atomic E-state index is 0.161. The molecule has 3 nitrogen and oxygen atoms in total. The summed E-state index contributed by atoms with van der Waals surface area (Å²) in [5.41, 5.74) is 4.95. The van der Waals surface area contributed by atoms with Gasteiger partial charge in [-0.25, -0.2) is 0 Å².